The first kappa shape index (κ1) is 27.3. The van der Waals surface area contributed by atoms with E-state index in [1.165, 1.54) is 13.8 Å². The van der Waals surface area contributed by atoms with Crippen molar-refractivity contribution in [3.63, 3.8) is 0 Å². The van der Waals surface area contributed by atoms with Gasteiger partial charge in [-0.05, 0) is 32.6 Å². The van der Waals surface area contributed by atoms with Crippen LogP contribution in [-0.4, -0.2) is 75.3 Å². The summed E-state index contributed by atoms with van der Waals surface area (Å²) in [6, 6.07) is -4.93. The van der Waals surface area contributed by atoms with Gasteiger partial charge in [0, 0.05) is 6.42 Å². The molecule has 0 aliphatic rings. The number of nitrogens with one attached hydrogen (secondary N) is 3. The van der Waals surface area contributed by atoms with E-state index in [9.17, 15) is 29.1 Å². The second-order valence-electron chi connectivity index (χ2n) is 7.53. The third-order valence-electron chi connectivity index (χ3n) is 4.14. The van der Waals surface area contributed by atoms with E-state index in [4.69, 9.17) is 15.9 Å². The number of amides is 3. The minimum atomic E-state index is -1.45. The molecular weight excluding hydrogens is 400 g/mol. The third kappa shape index (κ3) is 10.2. The molecule has 30 heavy (non-hydrogen) atoms. The van der Waals surface area contributed by atoms with Gasteiger partial charge in [-0.25, -0.2) is 0 Å². The molecule has 5 unspecified atom stereocenters. The maximum Gasteiger partial charge on any atom is 0.325 e. The lowest BCUT2D eigenvalue weighted by Gasteiger charge is -2.26. The molecule has 0 rings (SSSR count). The number of aliphatic carboxylic acids is 2. The van der Waals surface area contributed by atoms with Crippen LogP contribution in [0.2, 0.25) is 0 Å². The number of aliphatic hydroxyl groups excluding tert-OH is 1. The minimum Gasteiger partial charge on any atom is -0.481 e. The fraction of sp³-hybridized carbons (Fsp3) is 0.722. The molecule has 0 aromatic rings. The summed E-state index contributed by atoms with van der Waals surface area (Å²) in [6.45, 7) is 6.11. The topological polar surface area (TPSA) is 208 Å². The second kappa shape index (κ2) is 12.8. The maximum atomic E-state index is 12.6. The third-order valence-corrected chi connectivity index (χ3v) is 4.14. The van der Waals surface area contributed by atoms with E-state index < -0.39 is 59.9 Å². The van der Waals surface area contributed by atoms with Crippen molar-refractivity contribution in [1.82, 2.24) is 16.0 Å². The Morgan fingerprint density at radius 2 is 1.43 bits per heavy atom. The van der Waals surface area contributed by atoms with Crippen molar-refractivity contribution >= 4 is 29.7 Å². The molecule has 0 heterocycles. The first-order valence-corrected chi connectivity index (χ1v) is 9.55. The fourth-order valence-electron chi connectivity index (χ4n) is 2.42. The normalized spacial score (nSPS) is 16.0. The zero-order valence-electron chi connectivity index (χ0n) is 17.5. The van der Waals surface area contributed by atoms with Gasteiger partial charge in [0.25, 0.3) is 0 Å². The Morgan fingerprint density at radius 3 is 1.87 bits per heavy atom. The molecule has 0 saturated carbocycles. The van der Waals surface area contributed by atoms with Gasteiger partial charge in [-0.1, -0.05) is 13.8 Å². The van der Waals surface area contributed by atoms with Crippen LogP contribution < -0.4 is 21.7 Å². The average Bonchev–Trinajstić information content (AvgIpc) is 2.62. The van der Waals surface area contributed by atoms with Crippen molar-refractivity contribution in [1.29, 1.82) is 0 Å². The number of aliphatic hydroxyl groups is 1. The highest BCUT2D eigenvalue weighted by atomic mass is 16.4. The van der Waals surface area contributed by atoms with E-state index in [-0.39, 0.29) is 25.2 Å². The largest absolute Gasteiger partial charge is 0.481 e. The molecule has 5 atom stereocenters. The summed E-state index contributed by atoms with van der Waals surface area (Å²) in [5.41, 5.74) is 5.60. The first-order valence-electron chi connectivity index (χ1n) is 9.55. The predicted molar refractivity (Wildman–Crippen MR) is 105 cm³/mol. The van der Waals surface area contributed by atoms with Crippen LogP contribution in [0.1, 0.15) is 47.0 Å². The van der Waals surface area contributed by atoms with Gasteiger partial charge in [-0.2, -0.15) is 0 Å². The molecule has 0 fully saturated rings. The van der Waals surface area contributed by atoms with Gasteiger partial charge < -0.3 is 37.0 Å². The number of carboxylic acids is 2. The van der Waals surface area contributed by atoms with Crippen molar-refractivity contribution in [3.05, 3.63) is 0 Å². The average molecular weight is 432 g/mol. The van der Waals surface area contributed by atoms with Crippen LogP contribution >= 0.6 is 0 Å². The molecule has 172 valence electrons. The van der Waals surface area contributed by atoms with Crippen LogP contribution in [0.4, 0.5) is 0 Å². The Hall–Kier alpha value is -2.73. The quantitative estimate of drug-likeness (QED) is 0.174. The van der Waals surface area contributed by atoms with Gasteiger partial charge in [-0.15, -0.1) is 0 Å². The van der Waals surface area contributed by atoms with Crippen LogP contribution in [-0.2, 0) is 24.0 Å². The van der Waals surface area contributed by atoms with E-state index in [0.29, 0.717) is 0 Å². The highest BCUT2D eigenvalue weighted by Crippen LogP contribution is 2.07. The van der Waals surface area contributed by atoms with Gasteiger partial charge in [0.15, 0.2) is 0 Å². The SMILES string of the molecule is CC(C)CC(NC(=O)C(NC(=O)C(N)CCC(=O)O)C(C)O)C(=O)NC(C)C(=O)O. The molecule has 0 aliphatic carbocycles. The van der Waals surface area contributed by atoms with Gasteiger partial charge in [0.05, 0.1) is 12.1 Å². The van der Waals surface area contributed by atoms with Gasteiger partial charge in [-0.3, -0.25) is 24.0 Å². The molecule has 0 bridgehead atoms. The number of carboxylic acid groups (broad SMARTS) is 2. The highest BCUT2D eigenvalue weighted by molar-refractivity contribution is 5.94. The van der Waals surface area contributed by atoms with Crippen molar-refractivity contribution < 1.29 is 39.3 Å². The summed E-state index contributed by atoms with van der Waals surface area (Å²) in [5.74, 6) is -4.84. The molecule has 0 aromatic carbocycles. The Bertz CT molecular complexity index is 638. The molecule has 0 aromatic heterocycles. The summed E-state index contributed by atoms with van der Waals surface area (Å²) < 4.78 is 0. The molecular formula is C18H32N4O8. The number of hydrogen-bond donors (Lipinski definition) is 7. The fourth-order valence-corrected chi connectivity index (χ4v) is 2.42. The van der Waals surface area contributed by atoms with E-state index >= 15 is 0 Å². The van der Waals surface area contributed by atoms with Crippen LogP contribution in [0.5, 0.6) is 0 Å². The van der Waals surface area contributed by atoms with Crippen molar-refractivity contribution in [2.45, 2.75) is 77.2 Å². The zero-order valence-corrected chi connectivity index (χ0v) is 17.5. The Labute approximate surface area is 174 Å². The molecule has 3 amide bonds. The Balaban J connectivity index is 5.23. The molecule has 0 spiro atoms. The number of nitrogens with two attached hydrogens (primary N) is 1. The lowest BCUT2D eigenvalue weighted by molar-refractivity contribution is -0.142. The lowest BCUT2D eigenvalue weighted by atomic mass is 10.0. The van der Waals surface area contributed by atoms with E-state index in [1.54, 1.807) is 13.8 Å². The van der Waals surface area contributed by atoms with Crippen LogP contribution in [0.15, 0.2) is 0 Å². The first-order chi connectivity index (χ1) is 13.8. The number of carbonyl (C=O) groups is 5. The molecule has 0 saturated heterocycles. The molecule has 12 nitrogen and oxygen atoms in total. The maximum absolute atomic E-state index is 12.6. The smallest absolute Gasteiger partial charge is 0.325 e. The minimum absolute atomic E-state index is 0.0368. The standard InChI is InChI=1S/C18H32N4O8/c1-8(2)7-12(16(27)20-9(3)18(29)30)21-17(28)14(10(4)23)22-15(26)11(19)5-6-13(24)25/h8-12,14,23H,5-7,19H2,1-4H3,(H,20,27)(H,21,28)(H,22,26)(H,24,25)(H,29,30). The predicted octanol–water partition coefficient (Wildman–Crippen LogP) is -1.84. The number of carbonyl (C=O) groups excluding carboxylic acids is 3. The number of rotatable bonds is 13. The van der Waals surface area contributed by atoms with Crippen molar-refractivity contribution in [2.75, 3.05) is 0 Å². The lowest BCUT2D eigenvalue weighted by Crippen LogP contribution is -2.59. The van der Waals surface area contributed by atoms with Crippen LogP contribution in [0.25, 0.3) is 0 Å². The van der Waals surface area contributed by atoms with E-state index in [0.717, 1.165) is 0 Å². The monoisotopic (exact) mass is 432 g/mol. The Morgan fingerprint density at radius 1 is 0.867 bits per heavy atom. The summed E-state index contributed by atoms with van der Waals surface area (Å²) >= 11 is 0. The number of hydrogen-bond acceptors (Lipinski definition) is 7. The van der Waals surface area contributed by atoms with E-state index in [1.807, 2.05) is 0 Å². The molecule has 8 N–H and O–H groups in total. The summed E-state index contributed by atoms with van der Waals surface area (Å²) in [5, 5.41) is 34.4. The van der Waals surface area contributed by atoms with Gasteiger partial charge >= 0.3 is 11.9 Å². The Kier molecular flexibility index (Phi) is 11.6. The van der Waals surface area contributed by atoms with Crippen LogP contribution in [0.3, 0.4) is 0 Å². The van der Waals surface area contributed by atoms with Crippen LogP contribution in [0, 0.1) is 5.92 Å². The second-order valence-corrected chi connectivity index (χ2v) is 7.53. The molecule has 0 aliphatic heterocycles. The van der Waals surface area contributed by atoms with Gasteiger partial charge in [0.2, 0.25) is 17.7 Å². The summed E-state index contributed by atoms with van der Waals surface area (Å²) in [7, 11) is 0. The zero-order chi connectivity index (χ0) is 23.6. The van der Waals surface area contributed by atoms with Crippen molar-refractivity contribution in [3.8, 4) is 0 Å². The van der Waals surface area contributed by atoms with E-state index in [2.05, 4.69) is 16.0 Å². The molecule has 0 radical (unpaired) electrons. The molecule has 12 heteroatoms. The summed E-state index contributed by atoms with van der Waals surface area (Å²) in [4.78, 5) is 58.7. The van der Waals surface area contributed by atoms with Gasteiger partial charge in [0.1, 0.15) is 18.1 Å². The summed E-state index contributed by atoms with van der Waals surface area (Å²) in [6.07, 6.45) is -1.68. The highest BCUT2D eigenvalue weighted by Gasteiger charge is 2.32. The van der Waals surface area contributed by atoms with Crippen molar-refractivity contribution in [2.24, 2.45) is 11.7 Å².